The first kappa shape index (κ1) is 17.2. The number of hydrogen-bond donors (Lipinski definition) is 0. The Morgan fingerprint density at radius 2 is 1.88 bits per heavy atom. The van der Waals surface area contributed by atoms with Crippen molar-refractivity contribution in [1.29, 1.82) is 0 Å². The molecule has 0 bridgehead atoms. The van der Waals surface area contributed by atoms with Gasteiger partial charge < -0.3 is 4.90 Å². The second-order valence-electron chi connectivity index (χ2n) is 6.96. The molecule has 5 nitrogen and oxygen atoms in total. The van der Waals surface area contributed by atoms with Crippen molar-refractivity contribution in [3.05, 3.63) is 59.4 Å². The SMILES string of the molecule is Cc1cc(S(=O)(=O)N2CC[C@]3(C2)C(=O)N(C)c2ccccc23)ccc1F. The molecule has 1 saturated heterocycles. The molecule has 1 fully saturated rings. The van der Waals surface area contributed by atoms with Crippen LogP contribution in [0.25, 0.3) is 0 Å². The number of carbonyl (C=O) groups is 1. The number of carbonyl (C=O) groups excluding carboxylic acids is 1. The summed E-state index contributed by atoms with van der Waals surface area (Å²) in [5, 5.41) is 0. The van der Waals surface area contributed by atoms with Gasteiger partial charge in [-0.05, 0) is 48.7 Å². The summed E-state index contributed by atoms with van der Waals surface area (Å²) in [6.45, 7) is 1.89. The molecule has 2 heterocycles. The lowest BCUT2D eigenvalue weighted by molar-refractivity contribution is -0.122. The zero-order chi connectivity index (χ0) is 18.7. The number of rotatable bonds is 2. The minimum absolute atomic E-state index is 0.0561. The summed E-state index contributed by atoms with van der Waals surface area (Å²) < 4.78 is 40.9. The predicted molar refractivity (Wildman–Crippen MR) is 96.0 cm³/mol. The Balaban J connectivity index is 1.73. The number of sulfonamides is 1. The molecule has 7 heteroatoms. The third kappa shape index (κ3) is 2.23. The summed E-state index contributed by atoms with van der Waals surface area (Å²) in [5.74, 6) is -0.518. The highest BCUT2D eigenvalue weighted by Crippen LogP contribution is 2.47. The zero-order valence-corrected chi connectivity index (χ0v) is 15.4. The fraction of sp³-hybridized carbons (Fsp3) is 0.316. The molecule has 2 aromatic carbocycles. The number of fused-ring (bicyclic) bond motifs is 2. The third-order valence-electron chi connectivity index (χ3n) is 5.50. The minimum atomic E-state index is -3.79. The molecule has 1 atom stereocenters. The monoisotopic (exact) mass is 374 g/mol. The summed E-state index contributed by atoms with van der Waals surface area (Å²) in [6.07, 6.45) is 0.437. The molecule has 0 saturated carbocycles. The van der Waals surface area contributed by atoms with Crippen molar-refractivity contribution in [3.8, 4) is 0 Å². The van der Waals surface area contributed by atoms with Gasteiger partial charge in [0.15, 0.2) is 0 Å². The van der Waals surface area contributed by atoms with Crippen molar-refractivity contribution in [3.63, 3.8) is 0 Å². The normalized spacial score (nSPS) is 23.0. The average molecular weight is 374 g/mol. The van der Waals surface area contributed by atoms with Crippen molar-refractivity contribution in [2.45, 2.75) is 23.7 Å². The van der Waals surface area contributed by atoms with Gasteiger partial charge in [0, 0.05) is 25.8 Å². The van der Waals surface area contributed by atoms with Crippen molar-refractivity contribution in [2.24, 2.45) is 0 Å². The molecule has 2 aliphatic heterocycles. The first-order valence-electron chi connectivity index (χ1n) is 8.41. The Labute approximate surface area is 152 Å². The lowest BCUT2D eigenvalue weighted by Crippen LogP contribution is -2.42. The van der Waals surface area contributed by atoms with Crippen LogP contribution >= 0.6 is 0 Å². The van der Waals surface area contributed by atoms with E-state index in [-0.39, 0.29) is 29.5 Å². The fourth-order valence-corrected chi connectivity index (χ4v) is 5.60. The van der Waals surface area contributed by atoms with Crippen molar-refractivity contribution in [2.75, 3.05) is 25.0 Å². The molecular formula is C19H19FN2O3S. The second kappa shape index (κ2) is 5.62. The number of nitrogens with zero attached hydrogens (tertiary/aromatic N) is 2. The standard InChI is InChI=1S/C19H19FN2O3S/c1-13-11-14(7-8-16(13)20)26(24,25)22-10-9-19(12-22)15-5-3-4-6-17(15)21(2)18(19)23/h3-8,11H,9-10,12H2,1-2H3/t19-/m1/s1. The summed E-state index contributed by atoms with van der Waals surface area (Å²) in [5.41, 5.74) is 1.14. The van der Waals surface area contributed by atoms with Crippen LogP contribution in [0.2, 0.25) is 0 Å². The van der Waals surface area contributed by atoms with Crippen LogP contribution in [0.15, 0.2) is 47.4 Å². The molecule has 4 rings (SSSR count). The number of para-hydroxylation sites is 1. The van der Waals surface area contributed by atoms with E-state index < -0.39 is 21.3 Å². The highest BCUT2D eigenvalue weighted by atomic mass is 32.2. The van der Waals surface area contributed by atoms with Gasteiger partial charge in [-0.25, -0.2) is 12.8 Å². The predicted octanol–water partition coefficient (Wildman–Crippen LogP) is 2.44. The number of benzene rings is 2. The van der Waals surface area contributed by atoms with Crippen molar-refractivity contribution >= 4 is 21.6 Å². The van der Waals surface area contributed by atoms with E-state index in [1.54, 1.807) is 11.9 Å². The highest BCUT2D eigenvalue weighted by Gasteiger charge is 2.55. The molecule has 0 N–H and O–H groups in total. The molecule has 2 aromatic rings. The molecule has 0 unspecified atom stereocenters. The van der Waals surface area contributed by atoms with Gasteiger partial charge in [0.25, 0.3) is 0 Å². The van der Waals surface area contributed by atoms with Crippen molar-refractivity contribution < 1.29 is 17.6 Å². The van der Waals surface area contributed by atoms with Crippen LogP contribution in [0.5, 0.6) is 0 Å². The van der Waals surface area contributed by atoms with E-state index in [0.717, 1.165) is 17.3 Å². The lowest BCUT2D eigenvalue weighted by Gasteiger charge is -2.23. The van der Waals surface area contributed by atoms with Crippen LogP contribution in [-0.4, -0.2) is 38.8 Å². The van der Waals surface area contributed by atoms with Gasteiger partial charge in [-0.1, -0.05) is 18.2 Å². The number of likely N-dealkylation sites (N-methyl/N-ethyl adjacent to an activating group) is 1. The number of amides is 1. The average Bonchev–Trinajstić information content (AvgIpc) is 3.17. The van der Waals surface area contributed by atoms with Crippen LogP contribution in [0.3, 0.4) is 0 Å². The zero-order valence-electron chi connectivity index (χ0n) is 14.6. The second-order valence-corrected chi connectivity index (χ2v) is 8.90. The first-order chi connectivity index (χ1) is 12.3. The van der Waals surface area contributed by atoms with E-state index in [1.165, 1.54) is 23.4 Å². The molecule has 1 amide bonds. The number of hydrogen-bond acceptors (Lipinski definition) is 3. The van der Waals surface area contributed by atoms with Crippen LogP contribution < -0.4 is 4.90 Å². The number of anilines is 1. The molecular weight excluding hydrogens is 355 g/mol. The van der Waals surface area contributed by atoms with Crippen LogP contribution in [0.4, 0.5) is 10.1 Å². The molecule has 0 aliphatic carbocycles. The highest BCUT2D eigenvalue weighted by molar-refractivity contribution is 7.89. The number of halogens is 1. The molecule has 0 aromatic heterocycles. The third-order valence-corrected chi connectivity index (χ3v) is 7.34. The van der Waals surface area contributed by atoms with Gasteiger partial charge in [0.1, 0.15) is 5.82 Å². The van der Waals surface area contributed by atoms with Crippen molar-refractivity contribution in [1.82, 2.24) is 4.31 Å². The van der Waals surface area contributed by atoms with Gasteiger partial charge >= 0.3 is 0 Å². The van der Waals surface area contributed by atoms with Gasteiger partial charge in [-0.2, -0.15) is 4.31 Å². The molecule has 136 valence electrons. The van der Waals surface area contributed by atoms with Crippen LogP contribution in [0.1, 0.15) is 17.5 Å². The topological polar surface area (TPSA) is 57.7 Å². The fourth-order valence-electron chi connectivity index (χ4n) is 4.02. The van der Waals surface area contributed by atoms with Gasteiger partial charge in [0.2, 0.25) is 15.9 Å². The summed E-state index contributed by atoms with van der Waals surface area (Å²) >= 11 is 0. The van der Waals surface area contributed by atoms with E-state index >= 15 is 0 Å². The van der Waals surface area contributed by atoms with Gasteiger partial charge in [-0.15, -0.1) is 0 Å². The van der Waals surface area contributed by atoms with E-state index in [0.29, 0.717) is 6.42 Å². The smallest absolute Gasteiger partial charge is 0.243 e. The Kier molecular flexibility index (Phi) is 3.71. The Morgan fingerprint density at radius 3 is 2.62 bits per heavy atom. The summed E-state index contributed by atoms with van der Waals surface area (Å²) in [7, 11) is -2.07. The maximum absolute atomic E-state index is 13.5. The summed E-state index contributed by atoms with van der Waals surface area (Å²) in [6, 6.07) is 11.3. The summed E-state index contributed by atoms with van der Waals surface area (Å²) in [4.78, 5) is 14.6. The quantitative estimate of drug-likeness (QED) is 0.811. The maximum atomic E-state index is 13.5. The largest absolute Gasteiger partial charge is 0.314 e. The Bertz CT molecular complexity index is 1020. The van der Waals surface area contributed by atoms with Gasteiger partial charge in [0.05, 0.1) is 10.3 Å². The van der Waals surface area contributed by atoms with Crippen LogP contribution in [0, 0.1) is 12.7 Å². The van der Waals surface area contributed by atoms with Crippen LogP contribution in [-0.2, 0) is 20.2 Å². The molecule has 2 aliphatic rings. The first-order valence-corrected chi connectivity index (χ1v) is 9.85. The minimum Gasteiger partial charge on any atom is -0.314 e. The molecule has 0 radical (unpaired) electrons. The Hall–Kier alpha value is -2.25. The van der Waals surface area contributed by atoms with E-state index in [4.69, 9.17) is 0 Å². The van der Waals surface area contributed by atoms with E-state index in [9.17, 15) is 17.6 Å². The van der Waals surface area contributed by atoms with E-state index in [1.807, 2.05) is 24.3 Å². The lowest BCUT2D eigenvalue weighted by atomic mass is 9.81. The van der Waals surface area contributed by atoms with E-state index in [2.05, 4.69) is 0 Å². The molecule has 1 spiro atoms. The van der Waals surface area contributed by atoms with Gasteiger partial charge in [-0.3, -0.25) is 4.79 Å². The maximum Gasteiger partial charge on any atom is 0.243 e. The molecule has 26 heavy (non-hydrogen) atoms. The Morgan fingerprint density at radius 1 is 1.15 bits per heavy atom. The number of aryl methyl sites for hydroxylation is 1.